The smallest absolute Gasteiger partial charge is 0.240 e. The second-order valence-corrected chi connectivity index (χ2v) is 4.71. The Hall–Kier alpha value is -1.42. The van der Waals surface area contributed by atoms with Crippen LogP contribution in [0.1, 0.15) is 17.8 Å². The normalized spacial score (nSPS) is 30.3. The van der Waals surface area contributed by atoms with Gasteiger partial charge in [0.15, 0.2) is 5.82 Å². The Balaban J connectivity index is 1.64. The topological polar surface area (TPSA) is 57.4 Å². The summed E-state index contributed by atoms with van der Waals surface area (Å²) in [5.74, 6) is 3.93. The lowest BCUT2D eigenvalue weighted by molar-refractivity contribution is 0.00781. The molecule has 1 N–H and O–H groups in total. The molecule has 0 aliphatic carbocycles. The van der Waals surface area contributed by atoms with E-state index in [2.05, 4.69) is 31.2 Å². The highest BCUT2D eigenvalue weighted by atomic mass is 16.5. The van der Waals surface area contributed by atoms with Crippen molar-refractivity contribution in [1.82, 2.24) is 25.3 Å². The van der Waals surface area contributed by atoms with Gasteiger partial charge in [0, 0.05) is 32.7 Å². The SMILES string of the molecule is C#CCNCc1nc(C2CN3CCN2CC3)no1. The van der Waals surface area contributed by atoms with Crippen molar-refractivity contribution in [2.24, 2.45) is 0 Å². The van der Waals surface area contributed by atoms with Crippen LogP contribution in [-0.4, -0.2) is 59.2 Å². The second kappa shape index (κ2) is 5.06. The summed E-state index contributed by atoms with van der Waals surface area (Å²) in [6, 6.07) is 0.289. The third kappa shape index (κ3) is 2.25. The largest absolute Gasteiger partial charge is 0.338 e. The van der Waals surface area contributed by atoms with Gasteiger partial charge in [0.2, 0.25) is 5.89 Å². The zero-order chi connectivity index (χ0) is 12.4. The summed E-state index contributed by atoms with van der Waals surface area (Å²) in [5.41, 5.74) is 0. The number of terminal acetylenes is 1. The lowest BCUT2D eigenvalue weighted by Gasteiger charge is -2.46. The highest BCUT2D eigenvalue weighted by Gasteiger charge is 2.35. The molecule has 0 amide bonds. The first kappa shape index (κ1) is 11.7. The molecule has 96 valence electrons. The van der Waals surface area contributed by atoms with Crippen molar-refractivity contribution in [3.63, 3.8) is 0 Å². The molecule has 3 fully saturated rings. The van der Waals surface area contributed by atoms with Crippen LogP contribution in [0, 0.1) is 12.3 Å². The first-order valence-electron chi connectivity index (χ1n) is 6.30. The van der Waals surface area contributed by atoms with Crippen molar-refractivity contribution in [1.29, 1.82) is 0 Å². The van der Waals surface area contributed by atoms with Crippen LogP contribution in [0.5, 0.6) is 0 Å². The molecule has 4 rings (SSSR count). The van der Waals surface area contributed by atoms with E-state index in [0.717, 1.165) is 38.5 Å². The van der Waals surface area contributed by atoms with E-state index in [9.17, 15) is 0 Å². The van der Waals surface area contributed by atoms with Crippen molar-refractivity contribution in [2.75, 3.05) is 39.3 Å². The minimum Gasteiger partial charge on any atom is -0.338 e. The number of piperazine rings is 3. The lowest BCUT2D eigenvalue weighted by atomic mass is 10.1. The molecule has 0 radical (unpaired) electrons. The van der Waals surface area contributed by atoms with E-state index in [1.165, 1.54) is 0 Å². The van der Waals surface area contributed by atoms with Gasteiger partial charge in [-0.25, -0.2) is 0 Å². The molecule has 1 aromatic heterocycles. The van der Waals surface area contributed by atoms with Gasteiger partial charge >= 0.3 is 0 Å². The number of hydrogen-bond donors (Lipinski definition) is 1. The molecule has 6 heteroatoms. The molecule has 0 aromatic carbocycles. The van der Waals surface area contributed by atoms with E-state index in [0.29, 0.717) is 19.0 Å². The molecule has 3 aliphatic rings. The van der Waals surface area contributed by atoms with Gasteiger partial charge < -0.3 is 4.52 Å². The fourth-order valence-electron chi connectivity index (χ4n) is 2.58. The maximum absolute atomic E-state index is 5.23. The van der Waals surface area contributed by atoms with E-state index < -0.39 is 0 Å². The molecule has 6 nitrogen and oxygen atoms in total. The minimum absolute atomic E-state index is 0.289. The number of nitrogens with zero attached hydrogens (tertiary/aromatic N) is 4. The molecule has 2 bridgehead atoms. The molecular weight excluding hydrogens is 230 g/mol. The quantitative estimate of drug-likeness (QED) is 0.570. The van der Waals surface area contributed by atoms with Gasteiger partial charge in [0.25, 0.3) is 0 Å². The molecule has 3 saturated heterocycles. The minimum atomic E-state index is 0.289. The van der Waals surface area contributed by atoms with Gasteiger partial charge in [-0.05, 0) is 0 Å². The summed E-state index contributed by atoms with van der Waals surface area (Å²) in [6.07, 6.45) is 5.16. The Morgan fingerprint density at radius 1 is 1.39 bits per heavy atom. The van der Waals surface area contributed by atoms with Crippen LogP contribution in [0.2, 0.25) is 0 Å². The Morgan fingerprint density at radius 2 is 2.22 bits per heavy atom. The number of aromatic nitrogens is 2. The Bertz CT molecular complexity index is 444. The average Bonchev–Trinajstić information content (AvgIpc) is 2.89. The second-order valence-electron chi connectivity index (χ2n) is 4.71. The molecule has 0 saturated carbocycles. The van der Waals surface area contributed by atoms with Crippen LogP contribution in [0.4, 0.5) is 0 Å². The highest BCUT2D eigenvalue weighted by Crippen LogP contribution is 2.26. The molecule has 0 spiro atoms. The van der Waals surface area contributed by atoms with Crippen molar-refractivity contribution in [3.8, 4) is 12.3 Å². The maximum Gasteiger partial charge on any atom is 0.240 e. The molecule has 4 heterocycles. The lowest BCUT2D eigenvalue weighted by Crippen LogP contribution is -2.57. The predicted octanol–water partition coefficient (Wildman–Crippen LogP) is -0.535. The standard InChI is InChI=1S/C12H17N5O/c1-2-3-13-8-11-14-12(15-18-11)10-9-16-4-6-17(10)7-5-16/h1,10,13H,3-9H2. The summed E-state index contributed by atoms with van der Waals surface area (Å²) in [5, 5.41) is 7.14. The Morgan fingerprint density at radius 3 is 2.89 bits per heavy atom. The third-order valence-electron chi connectivity index (χ3n) is 3.56. The summed E-state index contributed by atoms with van der Waals surface area (Å²) >= 11 is 0. The molecule has 3 aliphatic heterocycles. The van der Waals surface area contributed by atoms with Crippen molar-refractivity contribution >= 4 is 0 Å². The van der Waals surface area contributed by atoms with E-state index in [-0.39, 0.29) is 6.04 Å². The van der Waals surface area contributed by atoms with Crippen molar-refractivity contribution in [2.45, 2.75) is 12.6 Å². The fraction of sp³-hybridized carbons (Fsp3) is 0.667. The first-order valence-corrected chi connectivity index (χ1v) is 6.30. The molecule has 1 unspecified atom stereocenters. The summed E-state index contributed by atoms with van der Waals surface area (Å²) in [6.45, 7) is 6.58. The van der Waals surface area contributed by atoms with E-state index >= 15 is 0 Å². The van der Waals surface area contributed by atoms with Crippen LogP contribution < -0.4 is 5.32 Å². The van der Waals surface area contributed by atoms with Crippen LogP contribution in [0.15, 0.2) is 4.52 Å². The van der Waals surface area contributed by atoms with Crippen LogP contribution in [-0.2, 0) is 6.54 Å². The van der Waals surface area contributed by atoms with Gasteiger partial charge in [0.05, 0.1) is 19.1 Å². The molecule has 18 heavy (non-hydrogen) atoms. The zero-order valence-corrected chi connectivity index (χ0v) is 10.3. The summed E-state index contributed by atoms with van der Waals surface area (Å²) in [4.78, 5) is 9.34. The summed E-state index contributed by atoms with van der Waals surface area (Å²) in [7, 11) is 0. The fourth-order valence-corrected chi connectivity index (χ4v) is 2.58. The van der Waals surface area contributed by atoms with Gasteiger partial charge in [-0.3, -0.25) is 15.1 Å². The van der Waals surface area contributed by atoms with Crippen LogP contribution in [0.25, 0.3) is 0 Å². The molecule has 1 aromatic rings. The summed E-state index contributed by atoms with van der Waals surface area (Å²) < 4.78 is 5.23. The van der Waals surface area contributed by atoms with E-state index in [1.54, 1.807) is 0 Å². The maximum atomic E-state index is 5.23. The van der Waals surface area contributed by atoms with E-state index in [1.807, 2.05) is 0 Å². The van der Waals surface area contributed by atoms with Crippen molar-refractivity contribution in [3.05, 3.63) is 11.7 Å². The van der Waals surface area contributed by atoms with Crippen LogP contribution >= 0.6 is 0 Å². The van der Waals surface area contributed by atoms with E-state index in [4.69, 9.17) is 10.9 Å². The predicted molar refractivity (Wildman–Crippen MR) is 65.6 cm³/mol. The molecule has 1 atom stereocenters. The number of hydrogen-bond acceptors (Lipinski definition) is 6. The average molecular weight is 247 g/mol. The van der Waals surface area contributed by atoms with Gasteiger partial charge in [0.1, 0.15) is 0 Å². The molecular formula is C12H17N5O. The van der Waals surface area contributed by atoms with Crippen molar-refractivity contribution < 1.29 is 4.52 Å². The van der Waals surface area contributed by atoms with Crippen LogP contribution in [0.3, 0.4) is 0 Å². The van der Waals surface area contributed by atoms with Gasteiger partial charge in [-0.15, -0.1) is 6.42 Å². The third-order valence-corrected chi connectivity index (χ3v) is 3.56. The Labute approximate surface area is 106 Å². The monoisotopic (exact) mass is 247 g/mol. The van der Waals surface area contributed by atoms with Gasteiger partial charge in [-0.2, -0.15) is 4.98 Å². The number of nitrogens with one attached hydrogen (secondary N) is 1. The number of fused-ring (bicyclic) bond motifs is 3. The Kier molecular flexibility index (Phi) is 3.28. The number of rotatable bonds is 4. The zero-order valence-electron chi connectivity index (χ0n) is 10.3. The van der Waals surface area contributed by atoms with Gasteiger partial charge in [-0.1, -0.05) is 11.1 Å². The first-order chi connectivity index (χ1) is 8.86. The highest BCUT2D eigenvalue weighted by molar-refractivity contribution is 5.01.